The lowest BCUT2D eigenvalue weighted by molar-refractivity contribution is 0.902. The summed E-state index contributed by atoms with van der Waals surface area (Å²) in [4.78, 5) is 7.36. The van der Waals surface area contributed by atoms with Crippen LogP contribution in [0.4, 0.5) is 34.4 Å². The highest BCUT2D eigenvalue weighted by Crippen LogP contribution is 2.46. The third kappa shape index (κ3) is 5.95. The largest absolute Gasteiger partial charge is 0.316 e. The lowest BCUT2D eigenvalue weighted by Crippen LogP contribution is -2.17. The van der Waals surface area contributed by atoms with Crippen molar-refractivity contribution in [3.05, 3.63) is 206 Å². The first-order valence-electron chi connectivity index (χ1n) is 19.6. The van der Waals surface area contributed by atoms with E-state index < -0.39 is 0 Å². The van der Waals surface area contributed by atoms with Gasteiger partial charge >= 0.3 is 0 Å². The predicted octanol–water partition coefficient (Wildman–Crippen LogP) is 16.0. The predicted molar refractivity (Wildman–Crippen MR) is 251 cm³/mol. The summed E-state index contributed by atoms with van der Waals surface area (Å²) in [7, 11) is 2.19. The van der Waals surface area contributed by atoms with Gasteiger partial charge in [0.1, 0.15) is 11.6 Å². The van der Waals surface area contributed by atoms with Crippen molar-refractivity contribution in [1.82, 2.24) is 4.57 Å². The minimum absolute atomic E-state index is 1.06. The molecule has 3 nitrogen and oxygen atoms in total. The fraction of sp³-hybridized carbons (Fsp3) is 0.0189. The summed E-state index contributed by atoms with van der Waals surface area (Å²) in [5.41, 5.74) is 6.89. The molecule has 0 aliphatic heterocycles. The van der Waals surface area contributed by atoms with Crippen LogP contribution in [0.3, 0.4) is 0 Å². The number of anilines is 6. The number of fused-ring (bicyclic) bond motifs is 4. The first-order valence-corrected chi connectivity index (χ1v) is 21.2. The Kier molecular flexibility index (Phi) is 8.42. The first-order chi connectivity index (χ1) is 28.7. The molecule has 0 N–H and O–H groups in total. The average Bonchev–Trinajstić information content (AvgIpc) is 4.02. The van der Waals surface area contributed by atoms with Crippen LogP contribution in [0.2, 0.25) is 0 Å². The van der Waals surface area contributed by atoms with Gasteiger partial charge in [-0.05, 0) is 105 Å². The van der Waals surface area contributed by atoms with E-state index in [-0.39, 0.29) is 0 Å². The lowest BCUT2D eigenvalue weighted by atomic mass is 10.1. The molecule has 276 valence electrons. The number of hydrogen-bond donors (Lipinski definition) is 0. The highest BCUT2D eigenvalue weighted by molar-refractivity contribution is 7.22. The van der Waals surface area contributed by atoms with Gasteiger partial charge < -0.3 is 4.57 Å². The number of benzene rings is 8. The highest BCUT2D eigenvalue weighted by Gasteiger charge is 2.24. The molecule has 0 atom stereocenters. The number of nitrogens with zero attached hydrogens (tertiary/aromatic N) is 3. The van der Waals surface area contributed by atoms with Gasteiger partial charge in [0.25, 0.3) is 0 Å². The van der Waals surface area contributed by atoms with Crippen molar-refractivity contribution < 1.29 is 0 Å². The Hall–Kier alpha value is -6.92. The van der Waals surface area contributed by atoms with Crippen molar-refractivity contribution in [3.63, 3.8) is 0 Å². The summed E-state index contributed by atoms with van der Waals surface area (Å²) in [5.74, 6) is 2.13. The summed E-state index contributed by atoms with van der Waals surface area (Å²) in [6, 6.07) is 75.1. The molecule has 5 heteroatoms. The number of hydrogen-bond acceptors (Lipinski definition) is 4. The fourth-order valence-electron chi connectivity index (χ4n) is 8.33. The third-order valence-corrected chi connectivity index (χ3v) is 13.5. The molecule has 0 saturated carbocycles. The average molecular weight is 780 g/mol. The quantitative estimate of drug-likeness (QED) is 0.152. The molecular weight excluding hydrogens is 743 g/mol. The Labute approximate surface area is 345 Å². The van der Waals surface area contributed by atoms with Crippen LogP contribution in [-0.2, 0) is 7.05 Å². The minimum atomic E-state index is 1.06. The maximum Gasteiger partial charge on any atom is 0.119 e. The molecule has 0 bridgehead atoms. The fourth-order valence-corrected chi connectivity index (χ4v) is 10.5. The van der Waals surface area contributed by atoms with Crippen LogP contribution in [0.15, 0.2) is 206 Å². The van der Waals surface area contributed by atoms with E-state index in [0.717, 1.165) is 34.4 Å². The molecule has 0 unspecified atom stereocenters. The van der Waals surface area contributed by atoms with Gasteiger partial charge in [-0.1, -0.05) is 133 Å². The first kappa shape index (κ1) is 34.3. The van der Waals surface area contributed by atoms with Crippen molar-refractivity contribution in [2.45, 2.75) is 0 Å². The second-order valence-corrected chi connectivity index (χ2v) is 16.8. The van der Waals surface area contributed by atoms with E-state index >= 15 is 0 Å². The van der Waals surface area contributed by atoms with E-state index in [1.165, 1.54) is 62.6 Å². The van der Waals surface area contributed by atoms with Gasteiger partial charge in [0.2, 0.25) is 0 Å². The molecule has 11 rings (SSSR count). The van der Waals surface area contributed by atoms with Crippen LogP contribution in [0.5, 0.6) is 0 Å². The van der Waals surface area contributed by atoms with Crippen LogP contribution in [-0.4, -0.2) is 4.57 Å². The molecule has 8 aromatic carbocycles. The Morgan fingerprint density at radius 2 is 0.741 bits per heavy atom. The van der Waals surface area contributed by atoms with Gasteiger partial charge in [0, 0.05) is 48.3 Å². The summed E-state index contributed by atoms with van der Waals surface area (Å²) in [5, 5.41) is 7.37. The zero-order valence-corrected chi connectivity index (χ0v) is 33.4. The summed E-state index contributed by atoms with van der Waals surface area (Å²) >= 11 is 3.68. The van der Waals surface area contributed by atoms with Gasteiger partial charge in [-0.15, -0.1) is 22.7 Å². The van der Waals surface area contributed by atoms with Gasteiger partial charge in [-0.25, -0.2) is 0 Å². The molecule has 0 amide bonds. The lowest BCUT2D eigenvalue weighted by Gasteiger charge is -2.30. The van der Waals surface area contributed by atoms with Gasteiger partial charge in [0.15, 0.2) is 0 Å². The zero-order valence-electron chi connectivity index (χ0n) is 31.8. The highest BCUT2D eigenvalue weighted by atomic mass is 32.1. The Morgan fingerprint density at radius 1 is 0.362 bits per heavy atom. The Balaban J connectivity index is 1.06. The van der Waals surface area contributed by atoms with Crippen molar-refractivity contribution in [2.75, 3.05) is 9.80 Å². The van der Waals surface area contributed by atoms with E-state index in [2.05, 4.69) is 228 Å². The van der Waals surface area contributed by atoms with Crippen LogP contribution in [0.1, 0.15) is 0 Å². The second-order valence-electron chi connectivity index (χ2n) is 14.7. The third-order valence-electron chi connectivity index (χ3n) is 11.2. The van der Waals surface area contributed by atoms with Gasteiger partial charge in [0.05, 0.1) is 11.4 Å². The van der Waals surface area contributed by atoms with E-state index in [1.807, 2.05) is 22.7 Å². The zero-order chi connectivity index (χ0) is 38.6. The summed E-state index contributed by atoms with van der Waals surface area (Å²) in [6.45, 7) is 0. The molecule has 58 heavy (non-hydrogen) atoms. The number of aromatic nitrogens is 1. The Morgan fingerprint density at radius 3 is 1.17 bits per heavy atom. The molecule has 0 radical (unpaired) electrons. The molecule has 0 aliphatic rings. The molecule has 3 heterocycles. The second kappa shape index (κ2) is 14.2. The molecule has 0 aliphatic carbocycles. The molecule has 0 spiro atoms. The molecule has 11 aromatic rings. The van der Waals surface area contributed by atoms with Crippen molar-refractivity contribution >= 4 is 98.8 Å². The molecular formula is C53H37N3S2. The Bertz CT molecular complexity index is 2970. The van der Waals surface area contributed by atoms with E-state index in [9.17, 15) is 0 Å². The maximum atomic E-state index is 2.41. The van der Waals surface area contributed by atoms with Gasteiger partial charge in [-0.3, -0.25) is 9.80 Å². The van der Waals surface area contributed by atoms with Crippen LogP contribution in [0.25, 0.3) is 62.6 Å². The smallest absolute Gasteiger partial charge is 0.119 e. The van der Waals surface area contributed by atoms with E-state index in [0.29, 0.717) is 0 Å². The van der Waals surface area contributed by atoms with Crippen LogP contribution in [0, 0.1) is 0 Å². The van der Waals surface area contributed by atoms with E-state index in [4.69, 9.17) is 0 Å². The van der Waals surface area contributed by atoms with E-state index in [1.54, 1.807) is 0 Å². The standard InChI is InChI=1S/C53H37N3S2/c1-54-52(55(46-20-10-16-36-12-2-6-18-44(36)46)42-28-24-38(25-29-42)50-34-40-14-4-8-22-48(40)57-50)32-33-53(54)56(47-21-11-17-37-13-3-7-19-45(37)47)43-30-26-39(27-31-43)51-35-41-15-5-9-23-49(41)58-51/h2-35H,1H3. The van der Waals surface area contributed by atoms with Gasteiger partial charge in [-0.2, -0.15) is 0 Å². The minimum Gasteiger partial charge on any atom is -0.316 e. The summed E-state index contributed by atoms with van der Waals surface area (Å²) < 4.78 is 4.95. The SMILES string of the molecule is Cn1c(N(c2ccc(-c3cc4ccccc4s3)cc2)c2cccc3ccccc23)ccc1N(c1ccc(-c2cc3ccccc3s2)cc1)c1cccc2ccccc12. The number of rotatable bonds is 8. The maximum absolute atomic E-state index is 2.41. The van der Waals surface area contributed by atoms with Crippen LogP contribution >= 0.6 is 22.7 Å². The van der Waals surface area contributed by atoms with Crippen molar-refractivity contribution in [2.24, 2.45) is 7.05 Å². The van der Waals surface area contributed by atoms with Crippen molar-refractivity contribution in [3.8, 4) is 20.9 Å². The molecule has 0 saturated heterocycles. The van der Waals surface area contributed by atoms with Crippen molar-refractivity contribution in [1.29, 1.82) is 0 Å². The monoisotopic (exact) mass is 779 g/mol. The summed E-state index contributed by atoms with van der Waals surface area (Å²) in [6.07, 6.45) is 0. The molecule has 0 fully saturated rings. The number of thiophene rings is 2. The van der Waals surface area contributed by atoms with Crippen LogP contribution < -0.4 is 9.80 Å². The topological polar surface area (TPSA) is 11.4 Å². The normalized spacial score (nSPS) is 11.5. The molecule has 3 aromatic heterocycles.